The fraction of sp³-hybridized carbons (Fsp3) is 0.0909. The van der Waals surface area contributed by atoms with Crippen LogP contribution in [0.4, 0.5) is 18.9 Å². The second-order valence-corrected chi connectivity index (χ2v) is 7.07. The number of oxazole rings is 1. The average Bonchev–Trinajstić information content (AvgIpc) is 3.10. The number of carbonyl (C=O) groups is 1. The third kappa shape index (κ3) is 5.35. The first kappa shape index (κ1) is 20.7. The molecule has 0 aliphatic heterocycles. The van der Waals surface area contributed by atoms with Crippen LogP contribution in [0.5, 0.6) is 5.75 Å². The van der Waals surface area contributed by atoms with E-state index >= 15 is 0 Å². The van der Waals surface area contributed by atoms with Gasteiger partial charge in [-0.1, -0.05) is 29.8 Å². The highest BCUT2D eigenvalue weighted by Crippen LogP contribution is 2.28. The van der Waals surface area contributed by atoms with Crippen molar-refractivity contribution >= 4 is 34.3 Å². The molecule has 1 amide bonds. The molecule has 158 valence electrons. The molecule has 0 aliphatic rings. The van der Waals surface area contributed by atoms with E-state index in [0.29, 0.717) is 38.8 Å². The van der Waals surface area contributed by atoms with E-state index in [1.165, 1.54) is 18.2 Å². The summed E-state index contributed by atoms with van der Waals surface area (Å²) in [4.78, 5) is 16.8. The molecule has 0 saturated carbocycles. The number of hydrogen-bond acceptors (Lipinski definition) is 4. The van der Waals surface area contributed by atoms with Gasteiger partial charge in [0.1, 0.15) is 11.3 Å². The van der Waals surface area contributed by atoms with Crippen LogP contribution in [0.2, 0.25) is 5.02 Å². The normalized spacial score (nSPS) is 11.5. The minimum Gasteiger partial charge on any atom is -0.436 e. The summed E-state index contributed by atoms with van der Waals surface area (Å²) in [5.41, 5.74) is 2.70. The van der Waals surface area contributed by atoms with E-state index in [1.807, 2.05) is 0 Å². The van der Waals surface area contributed by atoms with E-state index in [0.717, 1.165) is 0 Å². The van der Waals surface area contributed by atoms with E-state index in [9.17, 15) is 18.0 Å². The second-order valence-electron chi connectivity index (χ2n) is 6.63. The number of halogens is 4. The van der Waals surface area contributed by atoms with Gasteiger partial charge in [-0.25, -0.2) is 4.98 Å². The molecule has 0 fully saturated rings. The number of rotatable bonds is 5. The molecule has 4 rings (SSSR count). The average molecular weight is 447 g/mol. The molecule has 0 spiro atoms. The maximum absolute atomic E-state index is 12.4. The Labute approximate surface area is 179 Å². The Morgan fingerprint density at radius 2 is 1.87 bits per heavy atom. The van der Waals surface area contributed by atoms with Crippen molar-refractivity contribution in [1.82, 2.24) is 4.98 Å². The van der Waals surface area contributed by atoms with Crippen molar-refractivity contribution in [3.8, 4) is 17.2 Å². The maximum Gasteiger partial charge on any atom is 0.573 e. The Hall–Kier alpha value is -3.52. The van der Waals surface area contributed by atoms with Crippen LogP contribution >= 0.6 is 11.6 Å². The highest BCUT2D eigenvalue weighted by atomic mass is 35.5. The molecule has 5 nitrogen and oxygen atoms in total. The number of aromatic nitrogens is 1. The van der Waals surface area contributed by atoms with E-state index in [-0.39, 0.29) is 12.2 Å². The molecular weight excluding hydrogens is 433 g/mol. The highest BCUT2D eigenvalue weighted by molar-refractivity contribution is 6.31. The number of nitrogens with zero attached hydrogens (tertiary/aromatic N) is 1. The number of hydrogen-bond donors (Lipinski definition) is 1. The molecule has 4 aromatic rings. The van der Waals surface area contributed by atoms with Gasteiger partial charge in [0.15, 0.2) is 5.58 Å². The number of ether oxygens (including phenoxy) is 1. The molecule has 1 N–H and O–H groups in total. The van der Waals surface area contributed by atoms with Crippen molar-refractivity contribution in [3.05, 3.63) is 77.3 Å². The van der Waals surface area contributed by atoms with Crippen molar-refractivity contribution in [2.45, 2.75) is 12.8 Å². The minimum absolute atomic E-state index is 0.124. The van der Waals surface area contributed by atoms with Crippen LogP contribution in [-0.2, 0) is 11.2 Å². The predicted octanol–water partition coefficient (Wildman–Crippen LogP) is 6.23. The number of anilines is 1. The van der Waals surface area contributed by atoms with Crippen molar-refractivity contribution in [1.29, 1.82) is 0 Å². The van der Waals surface area contributed by atoms with Crippen LogP contribution in [0, 0.1) is 0 Å². The molecule has 0 saturated heterocycles. The zero-order chi connectivity index (χ0) is 22.0. The zero-order valence-electron chi connectivity index (χ0n) is 15.7. The van der Waals surface area contributed by atoms with Gasteiger partial charge in [-0.3, -0.25) is 4.79 Å². The van der Waals surface area contributed by atoms with Crippen molar-refractivity contribution in [3.63, 3.8) is 0 Å². The topological polar surface area (TPSA) is 64.4 Å². The fourth-order valence-corrected chi connectivity index (χ4v) is 3.16. The summed E-state index contributed by atoms with van der Waals surface area (Å²) in [6, 6.07) is 17.3. The van der Waals surface area contributed by atoms with Gasteiger partial charge in [-0.05, 0) is 54.1 Å². The molecule has 3 aromatic carbocycles. The summed E-state index contributed by atoms with van der Waals surface area (Å²) in [5.74, 6) is -0.410. The predicted molar refractivity (Wildman–Crippen MR) is 110 cm³/mol. The van der Waals surface area contributed by atoms with Gasteiger partial charge in [0.25, 0.3) is 0 Å². The van der Waals surface area contributed by atoms with Crippen LogP contribution < -0.4 is 10.1 Å². The number of fused-ring (bicyclic) bond motifs is 1. The van der Waals surface area contributed by atoms with Crippen LogP contribution in [0.15, 0.2) is 71.1 Å². The Bertz CT molecular complexity index is 1250. The Morgan fingerprint density at radius 3 is 2.68 bits per heavy atom. The lowest BCUT2D eigenvalue weighted by molar-refractivity contribution is -0.274. The smallest absolute Gasteiger partial charge is 0.436 e. The molecule has 1 heterocycles. The first-order valence-corrected chi connectivity index (χ1v) is 9.44. The molecule has 1 aromatic heterocycles. The number of nitrogens with one attached hydrogen (secondary N) is 1. The second kappa shape index (κ2) is 8.31. The van der Waals surface area contributed by atoms with Crippen LogP contribution in [0.1, 0.15) is 5.56 Å². The largest absolute Gasteiger partial charge is 0.573 e. The molecule has 0 bridgehead atoms. The lowest BCUT2D eigenvalue weighted by atomic mass is 10.1. The maximum atomic E-state index is 12.4. The van der Waals surface area contributed by atoms with Crippen LogP contribution in [0.3, 0.4) is 0 Å². The Morgan fingerprint density at radius 1 is 1.06 bits per heavy atom. The first-order chi connectivity index (χ1) is 14.7. The number of carbonyl (C=O) groups excluding carboxylic acids is 1. The lowest BCUT2D eigenvalue weighted by Gasteiger charge is -2.10. The minimum atomic E-state index is -4.79. The molecule has 0 unspecified atom stereocenters. The molecule has 0 atom stereocenters. The van der Waals surface area contributed by atoms with Gasteiger partial charge in [-0.2, -0.15) is 0 Å². The summed E-state index contributed by atoms with van der Waals surface area (Å²) >= 11 is 5.97. The monoisotopic (exact) mass is 446 g/mol. The standard InChI is InChI=1S/C22H14ClF3N2O3/c23-15-7-8-19-18(12-15)28-21(30-19)14-4-2-5-16(11-14)27-20(29)10-13-3-1-6-17(9-13)31-22(24,25)26/h1-9,11-12H,10H2,(H,27,29). The highest BCUT2D eigenvalue weighted by Gasteiger charge is 2.31. The SMILES string of the molecule is O=C(Cc1cccc(OC(F)(F)F)c1)Nc1cccc(-c2nc3cc(Cl)ccc3o2)c1. The summed E-state index contributed by atoms with van der Waals surface area (Å²) < 4.78 is 46.7. The Balaban J connectivity index is 1.47. The van der Waals surface area contributed by atoms with E-state index < -0.39 is 12.3 Å². The number of benzene rings is 3. The molecule has 0 aliphatic carbocycles. The summed E-state index contributed by atoms with van der Waals surface area (Å²) in [5, 5.41) is 3.26. The van der Waals surface area contributed by atoms with E-state index in [4.69, 9.17) is 16.0 Å². The van der Waals surface area contributed by atoms with Crippen molar-refractivity contribution < 1.29 is 27.1 Å². The third-order valence-corrected chi connectivity index (χ3v) is 4.47. The summed E-state index contributed by atoms with van der Waals surface area (Å²) in [6.45, 7) is 0. The quantitative estimate of drug-likeness (QED) is 0.395. The van der Waals surface area contributed by atoms with Crippen molar-refractivity contribution in [2.75, 3.05) is 5.32 Å². The molecule has 31 heavy (non-hydrogen) atoms. The Kier molecular flexibility index (Phi) is 5.56. The molecule has 0 radical (unpaired) electrons. The number of alkyl halides is 3. The zero-order valence-corrected chi connectivity index (χ0v) is 16.5. The van der Waals surface area contributed by atoms with Gasteiger partial charge < -0.3 is 14.5 Å². The summed E-state index contributed by atoms with van der Waals surface area (Å²) in [7, 11) is 0. The fourth-order valence-electron chi connectivity index (χ4n) is 3.00. The van der Waals surface area contributed by atoms with Crippen LogP contribution in [-0.4, -0.2) is 17.3 Å². The van der Waals surface area contributed by atoms with Gasteiger partial charge in [0, 0.05) is 16.3 Å². The first-order valence-electron chi connectivity index (χ1n) is 9.06. The third-order valence-electron chi connectivity index (χ3n) is 4.24. The van der Waals surface area contributed by atoms with Gasteiger partial charge in [-0.15, -0.1) is 13.2 Å². The number of amides is 1. The van der Waals surface area contributed by atoms with Gasteiger partial charge >= 0.3 is 6.36 Å². The van der Waals surface area contributed by atoms with Gasteiger partial charge in [0.05, 0.1) is 6.42 Å². The molecular formula is C22H14ClF3N2O3. The van der Waals surface area contributed by atoms with E-state index in [1.54, 1.807) is 48.5 Å². The lowest BCUT2D eigenvalue weighted by Crippen LogP contribution is -2.18. The van der Waals surface area contributed by atoms with Crippen molar-refractivity contribution in [2.24, 2.45) is 0 Å². The van der Waals surface area contributed by atoms with E-state index in [2.05, 4.69) is 15.0 Å². The van der Waals surface area contributed by atoms with Crippen LogP contribution in [0.25, 0.3) is 22.6 Å². The molecule has 9 heteroatoms. The van der Waals surface area contributed by atoms with Gasteiger partial charge in [0.2, 0.25) is 11.8 Å². The summed E-state index contributed by atoms with van der Waals surface area (Å²) in [6.07, 6.45) is -4.92.